The average molecular weight is 313 g/mol. The monoisotopic (exact) mass is 313 g/mol. The maximum atomic E-state index is 4.01. The summed E-state index contributed by atoms with van der Waals surface area (Å²) in [5.74, 6) is 0. The molecule has 2 aliphatic carbocycles. The van der Waals surface area contributed by atoms with E-state index < -0.39 is 8.24 Å². The van der Waals surface area contributed by atoms with Crippen LogP contribution in [-0.4, -0.2) is 51.5 Å². The first-order valence-corrected chi connectivity index (χ1v) is 11.5. The molecule has 1 aromatic rings. The second-order valence-corrected chi connectivity index (χ2v) is 12.8. The third kappa shape index (κ3) is 4.49. The SMILES string of the molecule is CC(C)(C)N[Si](C)(C)C1CCCC2=C1Cc1ccccc12.[Li].[Li]. The molecule has 3 rings (SSSR count). The van der Waals surface area contributed by atoms with Gasteiger partial charge in [-0.15, -0.1) is 0 Å². The van der Waals surface area contributed by atoms with Gasteiger partial charge in [0.15, 0.2) is 0 Å². The molecule has 0 bridgehead atoms. The van der Waals surface area contributed by atoms with Crippen LogP contribution in [0.3, 0.4) is 0 Å². The second-order valence-electron chi connectivity index (χ2n) is 8.38. The van der Waals surface area contributed by atoms with Crippen LogP contribution in [0.15, 0.2) is 29.8 Å². The van der Waals surface area contributed by atoms with E-state index >= 15 is 0 Å². The molecule has 1 unspecified atom stereocenters. The molecule has 116 valence electrons. The van der Waals surface area contributed by atoms with Gasteiger partial charge in [0.25, 0.3) is 0 Å². The van der Waals surface area contributed by atoms with Gasteiger partial charge in [-0.2, -0.15) is 0 Å². The number of nitrogens with one attached hydrogen (secondary N) is 1. The standard InChI is InChI=1S/C19H29NSi.2Li/c1-19(2,3)20-21(4,5)18-12-8-11-16-15-10-7-6-9-14(15)13-17(16)18;;/h6-7,9-10,18,20H,8,11-13H2,1-5H3;;. The van der Waals surface area contributed by atoms with E-state index in [0.717, 1.165) is 5.54 Å². The Morgan fingerprint density at radius 2 is 1.74 bits per heavy atom. The predicted octanol–water partition coefficient (Wildman–Crippen LogP) is 4.38. The summed E-state index contributed by atoms with van der Waals surface area (Å²) < 4.78 is 0. The Labute approximate surface area is 167 Å². The normalized spacial score (nSPS) is 20.3. The van der Waals surface area contributed by atoms with Crippen molar-refractivity contribution in [2.24, 2.45) is 0 Å². The van der Waals surface area contributed by atoms with E-state index in [4.69, 9.17) is 0 Å². The third-order valence-corrected chi connectivity index (χ3v) is 8.79. The molecule has 0 fully saturated rings. The van der Waals surface area contributed by atoms with Crippen LogP contribution < -0.4 is 4.98 Å². The minimum absolute atomic E-state index is 0. The molecule has 0 saturated carbocycles. The van der Waals surface area contributed by atoms with E-state index in [1.54, 1.807) is 22.3 Å². The first-order chi connectivity index (χ1) is 9.78. The molecule has 0 aromatic heterocycles. The molecule has 0 saturated heterocycles. The topological polar surface area (TPSA) is 12.0 Å². The molecule has 0 spiro atoms. The summed E-state index contributed by atoms with van der Waals surface area (Å²) >= 11 is 0. The molecule has 23 heavy (non-hydrogen) atoms. The smallest absolute Gasteiger partial charge is 0.127 e. The molecule has 1 N–H and O–H groups in total. The zero-order valence-corrected chi connectivity index (χ0v) is 17.2. The van der Waals surface area contributed by atoms with Crippen LogP contribution in [0.5, 0.6) is 0 Å². The van der Waals surface area contributed by atoms with Crippen molar-refractivity contribution in [3.63, 3.8) is 0 Å². The molecule has 0 aliphatic heterocycles. The molecule has 2 aliphatic rings. The first kappa shape index (κ1) is 21.4. The van der Waals surface area contributed by atoms with E-state index in [9.17, 15) is 0 Å². The number of hydrogen-bond acceptors (Lipinski definition) is 1. The molecule has 1 nitrogen and oxygen atoms in total. The van der Waals surface area contributed by atoms with Crippen LogP contribution >= 0.6 is 0 Å². The number of rotatable bonds is 2. The van der Waals surface area contributed by atoms with Crippen molar-refractivity contribution >= 4 is 51.5 Å². The van der Waals surface area contributed by atoms with Crippen LogP contribution in [0.4, 0.5) is 0 Å². The Balaban J connectivity index is 0.00000132. The van der Waals surface area contributed by atoms with Gasteiger partial charge >= 0.3 is 0 Å². The summed E-state index contributed by atoms with van der Waals surface area (Å²) in [7, 11) is -1.47. The number of allylic oxidation sites excluding steroid dienone is 2. The van der Waals surface area contributed by atoms with E-state index in [2.05, 4.69) is 63.1 Å². The summed E-state index contributed by atoms with van der Waals surface area (Å²) in [4.78, 5) is 4.01. The van der Waals surface area contributed by atoms with Crippen molar-refractivity contribution in [3.05, 3.63) is 41.0 Å². The zero-order chi connectivity index (χ0) is 15.3. The van der Waals surface area contributed by atoms with Crippen molar-refractivity contribution in [2.75, 3.05) is 0 Å². The summed E-state index contributed by atoms with van der Waals surface area (Å²) in [6, 6.07) is 9.07. The Bertz CT molecular complexity index is 587. The Morgan fingerprint density at radius 1 is 1.09 bits per heavy atom. The summed E-state index contributed by atoms with van der Waals surface area (Å²) in [5, 5.41) is 0. The Morgan fingerprint density at radius 3 is 2.39 bits per heavy atom. The Kier molecular flexibility index (Phi) is 7.15. The predicted molar refractivity (Wildman–Crippen MR) is 107 cm³/mol. The van der Waals surface area contributed by atoms with E-state index in [0.29, 0.717) is 0 Å². The number of hydrogen-bond donors (Lipinski definition) is 1. The van der Waals surface area contributed by atoms with Gasteiger partial charge in [-0.05, 0) is 68.7 Å². The Hall–Kier alpha value is 0.332. The molecule has 2 radical (unpaired) electrons. The van der Waals surface area contributed by atoms with Gasteiger partial charge in [0.05, 0.1) is 0 Å². The summed E-state index contributed by atoms with van der Waals surface area (Å²) in [6.07, 6.45) is 5.25. The first-order valence-electron chi connectivity index (χ1n) is 8.37. The van der Waals surface area contributed by atoms with Gasteiger partial charge < -0.3 is 4.98 Å². The summed E-state index contributed by atoms with van der Waals surface area (Å²) in [5.41, 5.74) is 7.61. The maximum Gasteiger partial charge on any atom is 0.127 e. The van der Waals surface area contributed by atoms with Crippen molar-refractivity contribution in [1.29, 1.82) is 0 Å². The van der Waals surface area contributed by atoms with Crippen LogP contribution in [0.2, 0.25) is 18.6 Å². The minimum Gasteiger partial charge on any atom is -0.332 e. The number of benzene rings is 1. The quantitative estimate of drug-likeness (QED) is 0.799. The molecule has 0 heterocycles. The molecule has 1 aromatic carbocycles. The van der Waals surface area contributed by atoms with Gasteiger partial charge in [-0.1, -0.05) is 42.9 Å². The zero-order valence-electron chi connectivity index (χ0n) is 16.2. The van der Waals surface area contributed by atoms with E-state index in [-0.39, 0.29) is 43.3 Å². The van der Waals surface area contributed by atoms with Crippen LogP contribution in [0.1, 0.15) is 51.2 Å². The van der Waals surface area contributed by atoms with Crippen LogP contribution in [-0.2, 0) is 6.42 Å². The summed E-state index contributed by atoms with van der Waals surface area (Å²) in [6.45, 7) is 12.0. The van der Waals surface area contributed by atoms with Crippen LogP contribution in [0, 0.1) is 0 Å². The second kappa shape index (κ2) is 7.70. The minimum atomic E-state index is -1.47. The largest absolute Gasteiger partial charge is 0.332 e. The van der Waals surface area contributed by atoms with Gasteiger partial charge in [0.2, 0.25) is 0 Å². The average Bonchev–Trinajstić information content (AvgIpc) is 2.74. The fourth-order valence-electron chi connectivity index (χ4n) is 4.59. The van der Waals surface area contributed by atoms with Crippen molar-refractivity contribution in [2.45, 2.75) is 70.6 Å². The van der Waals surface area contributed by atoms with Crippen molar-refractivity contribution < 1.29 is 0 Å². The molecule has 0 amide bonds. The van der Waals surface area contributed by atoms with Crippen LogP contribution in [0.25, 0.3) is 5.57 Å². The van der Waals surface area contributed by atoms with Gasteiger partial charge in [-0.3, -0.25) is 0 Å². The third-order valence-electron chi connectivity index (χ3n) is 5.02. The van der Waals surface area contributed by atoms with Gasteiger partial charge in [-0.25, -0.2) is 0 Å². The van der Waals surface area contributed by atoms with Gasteiger partial charge in [0.1, 0.15) is 8.24 Å². The molecule has 1 atom stereocenters. The molecular formula is C19H29Li2NSi. The van der Waals surface area contributed by atoms with E-state index in [1.165, 1.54) is 25.7 Å². The molecular weight excluding hydrogens is 284 g/mol. The fourth-order valence-corrected chi connectivity index (χ4v) is 8.77. The fraction of sp³-hybridized carbons (Fsp3) is 0.579. The molecule has 4 heteroatoms. The van der Waals surface area contributed by atoms with Crippen molar-refractivity contribution in [3.8, 4) is 0 Å². The van der Waals surface area contributed by atoms with Gasteiger partial charge in [0, 0.05) is 43.3 Å². The maximum absolute atomic E-state index is 4.01. The number of fused-ring (bicyclic) bond motifs is 2. The van der Waals surface area contributed by atoms with Crippen molar-refractivity contribution in [1.82, 2.24) is 4.98 Å². The van der Waals surface area contributed by atoms with E-state index in [1.807, 2.05) is 0 Å².